The van der Waals surface area contributed by atoms with Gasteiger partial charge in [0.2, 0.25) is 0 Å². The van der Waals surface area contributed by atoms with Crippen LogP contribution < -0.4 is 9.44 Å². The number of hydrogen-bond donors (Lipinski definition) is 3. The molecule has 1 aromatic rings. The summed E-state index contributed by atoms with van der Waals surface area (Å²) < 4.78 is 29.7. The van der Waals surface area contributed by atoms with Crippen LogP contribution in [0.2, 0.25) is 0 Å². The first-order valence-corrected chi connectivity index (χ1v) is 7.52. The minimum absolute atomic E-state index is 0.0590. The van der Waals surface area contributed by atoms with Crippen molar-refractivity contribution in [3.05, 3.63) is 12.5 Å². The van der Waals surface area contributed by atoms with E-state index in [9.17, 15) is 8.42 Å². The number of hydrogen-bond acceptors (Lipinski definition) is 5. The monoisotopic (exact) mass is 294 g/mol. The Morgan fingerprint density at radius 2 is 1.78 bits per heavy atom. The lowest BCUT2D eigenvalue weighted by atomic mass is 10.4. The largest absolute Gasteiger partial charge is 0.339 e. The first-order chi connectivity index (χ1) is 8.19. The van der Waals surface area contributed by atoms with Crippen molar-refractivity contribution in [3.63, 3.8) is 0 Å². The van der Waals surface area contributed by atoms with E-state index in [-0.39, 0.29) is 11.1 Å². The van der Waals surface area contributed by atoms with E-state index in [0.29, 0.717) is 6.04 Å². The summed E-state index contributed by atoms with van der Waals surface area (Å²) in [7, 11) is -1.70. The van der Waals surface area contributed by atoms with Gasteiger partial charge in [0.05, 0.1) is 6.33 Å². The minimum Gasteiger partial charge on any atom is -0.339 e. The summed E-state index contributed by atoms with van der Waals surface area (Å²) in [5.74, 6) is 0. The maximum absolute atomic E-state index is 11.5. The first-order valence-electron chi connectivity index (χ1n) is 5.59. The van der Waals surface area contributed by atoms with Crippen LogP contribution in [0, 0.1) is 0 Å². The van der Waals surface area contributed by atoms with Crippen molar-refractivity contribution < 1.29 is 8.42 Å². The molecule has 0 unspecified atom stereocenters. The van der Waals surface area contributed by atoms with E-state index in [2.05, 4.69) is 27.2 Å². The van der Waals surface area contributed by atoms with Crippen LogP contribution in [0.25, 0.3) is 0 Å². The molecule has 1 rings (SSSR count). The Morgan fingerprint density at radius 3 is 2.06 bits per heavy atom. The molecule has 6 nitrogen and oxygen atoms in total. The van der Waals surface area contributed by atoms with Gasteiger partial charge in [-0.15, -0.1) is 0 Å². The van der Waals surface area contributed by atoms with Gasteiger partial charge in [0, 0.05) is 25.3 Å². The number of thiol groups is 1. The highest BCUT2D eigenvalue weighted by Gasteiger charge is 2.17. The zero-order valence-electron chi connectivity index (χ0n) is 11.4. The highest BCUT2D eigenvalue weighted by atomic mass is 32.2. The maximum Gasteiger partial charge on any atom is 0.259 e. The van der Waals surface area contributed by atoms with E-state index in [1.807, 2.05) is 13.8 Å². The molecular weight excluding hydrogens is 272 g/mol. The van der Waals surface area contributed by atoms with E-state index in [0.717, 1.165) is 0 Å². The summed E-state index contributed by atoms with van der Waals surface area (Å²) >= 11 is 3.77. The molecule has 0 saturated heterocycles. The lowest BCUT2D eigenvalue weighted by molar-refractivity contribution is 0.566. The van der Waals surface area contributed by atoms with Crippen LogP contribution in [0.15, 0.2) is 17.6 Å². The summed E-state index contributed by atoms with van der Waals surface area (Å²) in [4.78, 5) is 3.75. The molecule has 0 fully saturated rings. The highest BCUT2D eigenvalue weighted by molar-refractivity contribution is 7.89. The van der Waals surface area contributed by atoms with Crippen molar-refractivity contribution >= 4 is 22.8 Å². The molecular formula is C10H22N4O2S2. The number of sulfonamides is 1. The first kappa shape index (κ1) is 17.4. The fourth-order valence-corrected chi connectivity index (χ4v) is 2.13. The average Bonchev–Trinajstić information content (AvgIpc) is 2.64. The van der Waals surface area contributed by atoms with Crippen LogP contribution in [0.4, 0.5) is 0 Å². The predicted molar refractivity (Wildman–Crippen MR) is 75.9 cm³/mol. The van der Waals surface area contributed by atoms with Crippen LogP contribution in [0.3, 0.4) is 0 Å². The van der Waals surface area contributed by atoms with Crippen molar-refractivity contribution in [3.8, 4) is 0 Å². The van der Waals surface area contributed by atoms with E-state index in [1.165, 1.54) is 12.5 Å². The van der Waals surface area contributed by atoms with E-state index < -0.39 is 10.0 Å². The predicted octanol–water partition coefficient (Wildman–Crippen LogP) is 0.936. The lowest BCUT2D eigenvalue weighted by Crippen LogP contribution is -2.30. The van der Waals surface area contributed by atoms with Crippen LogP contribution in [0.1, 0.15) is 27.7 Å². The third-order valence-corrected chi connectivity index (χ3v) is 3.67. The Balaban J connectivity index is 0.000000494. The van der Waals surface area contributed by atoms with Gasteiger partial charge in [-0.05, 0) is 27.7 Å². The van der Waals surface area contributed by atoms with E-state index in [4.69, 9.17) is 0 Å². The molecule has 0 saturated carbocycles. The molecule has 106 valence electrons. The van der Waals surface area contributed by atoms with Crippen molar-refractivity contribution in [2.45, 2.75) is 44.8 Å². The number of aromatic nitrogens is 2. The van der Waals surface area contributed by atoms with Gasteiger partial charge in [0.1, 0.15) is 0 Å². The molecule has 2 N–H and O–H groups in total. The fraction of sp³-hybridized carbons (Fsp3) is 0.700. The molecule has 8 heteroatoms. The summed E-state index contributed by atoms with van der Waals surface area (Å²) in [6, 6.07) is 0.380. The second kappa shape index (κ2) is 7.78. The lowest BCUT2D eigenvalue weighted by Gasteiger charge is -2.06. The van der Waals surface area contributed by atoms with Crippen LogP contribution in [0.5, 0.6) is 0 Å². The average molecular weight is 294 g/mol. The summed E-state index contributed by atoms with van der Waals surface area (Å²) in [6.07, 6.45) is 2.92. The second-order valence-corrected chi connectivity index (χ2v) is 6.36. The number of rotatable bonds is 4. The third kappa shape index (κ3) is 7.00. The Hall–Kier alpha value is -0.570. The fourth-order valence-electron chi connectivity index (χ4n) is 0.898. The molecule has 0 aliphatic heterocycles. The molecule has 1 aromatic heterocycles. The number of nitrogens with zero attached hydrogens (tertiary/aromatic N) is 2. The smallest absolute Gasteiger partial charge is 0.259 e. The van der Waals surface area contributed by atoms with Crippen LogP contribution in [-0.2, 0) is 17.1 Å². The Kier molecular flexibility index (Phi) is 7.53. The molecule has 0 spiro atoms. The maximum atomic E-state index is 11.5. The van der Waals surface area contributed by atoms with Crippen LogP contribution >= 0.6 is 12.8 Å². The molecule has 0 atom stereocenters. The molecule has 0 amide bonds. The quantitative estimate of drug-likeness (QED) is 0.722. The Morgan fingerprint density at radius 1 is 1.28 bits per heavy atom. The zero-order chi connectivity index (χ0) is 14.3. The minimum atomic E-state index is -3.42. The van der Waals surface area contributed by atoms with E-state index >= 15 is 0 Å². The zero-order valence-corrected chi connectivity index (χ0v) is 13.1. The molecule has 1 heterocycles. The van der Waals surface area contributed by atoms with E-state index in [1.54, 1.807) is 25.5 Å². The van der Waals surface area contributed by atoms with Gasteiger partial charge < -0.3 is 4.57 Å². The summed E-state index contributed by atoms with van der Waals surface area (Å²) in [5.41, 5.74) is 0. The Bertz CT molecular complexity index is 440. The molecule has 0 aliphatic rings. The second-order valence-electron chi connectivity index (χ2n) is 4.44. The van der Waals surface area contributed by atoms with Gasteiger partial charge in [0.15, 0.2) is 5.03 Å². The summed E-state index contributed by atoms with van der Waals surface area (Å²) in [5, 5.41) is 0.0590. The van der Waals surface area contributed by atoms with Gasteiger partial charge in [-0.2, -0.15) is 0 Å². The van der Waals surface area contributed by atoms with Gasteiger partial charge >= 0.3 is 0 Å². The van der Waals surface area contributed by atoms with Gasteiger partial charge in [-0.25, -0.2) is 18.1 Å². The van der Waals surface area contributed by atoms with Crippen molar-refractivity contribution in [2.75, 3.05) is 0 Å². The molecule has 0 bridgehead atoms. The SMILES string of the molecule is CC(C)NS.CC(C)NS(=O)(=O)c1cn(C)cn1. The van der Waals surface area contributed by atoms with Crippen molar-refractivity contribution in [1.82, 2.24) is 19.0 Å². The third-order valence-electron chi connectivity index (χ3n) is 1.61. The topological polar surface area (TPSA) is 76.0 Å². The molecule has 0 radical (unpaired) electrons. The summed E-state index contributed by atoms with van der Waals surface area (Å²) in [6.45, 7) is 7.60. The number of nitrogens with one attached hydrogen (secondary N) is 2. The molecule has 0 aromatic carbocycles. The highest BCUT2D eigenvalue weighted by Crippen LogP contribution is 2.04. The Labute approximate surface area is 115 Å². The number of imidazole rings is 1. The van der Waals surface area contributed by atoms with Crippen molar-refractivity contribution in [1.29, 1.82) is 0 Å². The normalized spacial score (nSPS) is 11.6. The molecule has 18 heavy (non-hydrogen) atoms. The number of aryl methyl sites for hydroxylation is 1. The molecule has 0 aliphatic carbocycles. The van der Waals surface area contributed by atoms with Gasteiger partial charge in [-0.1, -0.05) is 12.8 Å². The van der Waals surface area contributed by atoms with Crippen LogP contribution in [-0.4, -0.2) is 30.1 Å². The van der Waals surface area contributed by atoms with Crippen molar-refractivity contribution in [2.24, 2.45) is 7.05 Å². The van der Waals surface area contributed by atoms with Gasteiger partial charge in [0.25, 0.3) is 10.0 Å². The standard InChI is InChI=1S/C7H13N3O2S.C3H9NS/c1-6(2)9-13(11,12)7-4-10(3)5-8-7;1-3(2)4-5/h4-6,9H,1-3H3;3-5H,1-2H3. The van der Waals surface area contributed by atoms with Gasteiger partial charge in [-0.3, -0.25) is 4.72 Å².